The van der Waals surface area contributed by atoms with E-state index in [9.17, 15) is 9.18 Å². The standard InChI is InChI=1S/C24H32FN3O2/c1-18(2)30-23-10-6-20(7-11-23)17-22(16-19-4-8-21(25)9-5-19)26-24(29)28-14-12-27(3)13-15-28/h4-11,18,22H,12-17H2,1-3H3,(H,26,29). The summed E-state index contributed by atoms with van der Waals surface area (Å²) >= 11 is 0. The summed E-state index contributed by atoms with van der Waals surface area (Å²) in [4.78, 5) is 16.9. The Morgan fingerprint density at radius 2 is 1.50 bits per heavy atom. The van der Waals surface area contributed by atoms with Gasteiger partial charge in [0.2, 0.25) is 0 Å². The number of halogens is 1. The summed E-state index contributed by atoms with van der Waals surface area (Å²) in [5.41, 5.74) is 2.12. The maximum atomic E-state index is 13.3. The van der Waals surface area contributed by atoms with Crippen LogP contribution >= 0.6 is 0 Å². The SMILES string of the molecule is CC(C)Oc1ccc(CC(Cc2ccc(F)cc2)NC(=O)N2CCN(C)CC2)cc1. The Morgan fingerprint density at radius 1 is 0.967 bits per heavy atom. The molecule has 2 aromatic rings. The van der Waals surface area contributed by atoms with E-state index < -0.39 is 0 Å². The van der Waals surface area contributed by atoms with E-state index in [4.69, 9.17) is 4.74 Å². The monoisotopic (exact) mass is 413 g/mol. The van der Waals surface area contributed by atoms with E-state index in [1.54, 1.807) is 12.1 Å². The quantitative estimate of drug-likeness (QED) is 0.752. The highest BCUT2D eigenvalue weighted by atomic mass is 19.1. The average Bonchev–Trinajstić information content (AvgIpc) is 2.71. The van der Waals surface area contributed by atoms with Gasteiger partial charge in [0.25, 0.3) is 0 Å². The van der Waals surface area contributed by atoms with Crippen LogP contribution in [0.5, 0.6) is 5.75 Å². The van der Waals surface area contributed by atoms with Crippen LogP contribution in [0.25, 0.3) is 0 Å². The molecule has 0 radical (unpaired) electrons. The van der Waals surface area contributed by atoms with E-state index in [1.807, 2.05) is 43.0 Å². The number of urea groups is 1. The molecule has 1 heterocycles. The molecule has 162 valence electrons. The molecule has 1 atom stereocenters. The Balaban J connectivity index is 1.68. The van der Waals surface area contributed by atoms with Crippen LogP contribution in [0.1, 0.15) is 25.0 Å². The van der Waals surface area contributed by atoms with Gasteiger partial charge in [-0.25, -0.2) is 9.18 Å². The highest BCUT2D eigenvalue weighted by Crippen LogP contribution is 2.17. The Kier molecular flexibility index (Phi) is 7.69. The summed E-state index contributed by atoms with van der Waals surface area (Å²) in [5.74, 6) is 0.586. The van der Waals surface area contributed by atoms with Crippen LogP contribution in [-0.2, 0) is 12.8 Å². The van der Waals surface area contributed by atoms with Crippen LogP contribution in [0.2, 0.25) is 0 Å². The number of rotatable bonds is 7. The number of hydrogen-bond donors (Lipinski definition) is 1. The van der Waals surface area contributed by atoms with E-state index in [1.165, 1.54) is 12.1 Å². The molecular formula is C24H32FN3O2. The van der Waals surface area contributed by atoms with Gasteiger partial charge in [-0.3, -0.25) is 0 Å². The highest BCUT2D eigenvalue weighted by molar-refractivity contribution is 5.74. The van der Waals surface area contributed by atoms with Crippen molar-refractivity contribution < 1.29 is 13.9 Å². The lowest BCUT2D eigenvalue weighted by Gasteiger charge is -2.33. The topological polar surface area (TPSA) is 44.8 Å². The molecule has 3 rings (SSSR count). The zero-order valence-electron chi connectivity index (χ0n) is 18.1. The third kappa shape index (κ3) is 6.73. The van der Waals surface area contributed by atoms with Crippen molar-refractivity contribution in [2.24, 2.45) is 0 Å². The van der Waals surface area contributed by atoms with Crippen LogP contribution in [0.4, 0.5) is 9.18 Å². The molecule has 30 heavy (non-hydrogen) atoms. The molecule has 2 aromatic carbocycles. The van der Waals surface area contributed by atoms with E-state index in [0.717, 1.165) is 43.1 Å². The van der Waals surface area contributed by atoms with Crippen molar-refractivity contribution >= 4 is 6.03 Å². The highest BCUT2D eigenvalue weighted by Gasteiger charge is 2.22. The summed E-state index contributed by atoms with van der Waals surface area (Å²) in [6.45, 7) is 7.22. The summed E-state index contributed by atoms with van der Waals surface area (Å²) in [7, 11) is 2.07. The second-order valence-corrected chi connectivity index (χ2v) is 8.28. The molecule has 1 aliphatic rings. The molecule has 0 aromatic heterocycles. The van der Waals surface area contributed by atoms with Gasteiger partial charge in [0.1, 0.15) is 11.6 Å². The average molecular weight is 414 g/mol. The third-order valence-electron chi connectivity index (χ3n) is 5.29. The Labute approximate surface area is 178 Å². The lowest BCUT2D eigenvalue weighted by molar-refractivity contribution is 0.151. The Morgan fingerprint density at radius 3 is 2.03 bits per heavy atom. The van der Waals surface area contributed by atoms with E-state index >= 15 is 0 Å². The molecule has 1 fully saturated rings. The third-order valence-corrected chi connectivity index (χ3v) is 5.29. The Bertz CT molecular complexity index is 800. The molecular weight excluding hydrogens is 381 g/mol. The van der Waals surface area contributed by atoms with Gasteiger partial charge in [-0.05, 0) is 69.1 Å². The summed E-state index contributed by atoms with van der Waals surface area (Å²) < 4.78 is 19.0. The lowest BCUT2D eigenvalue weighted by Crippen LogP contribution is -2.53. The maximum absolute atomic E-state index is 13.3. The second-order valence-electron chi connectivity index (χ2n) is 8.28. The first-order valence-electron chi connectivity index (χ1n) is 10.6. The molecule has 1 aliphatic heterocycles. The molecule has 6 heteroatoms. The number of piperazine rings is 1. The molecule has 0 saturated carbocycles. The van der Waals surface area contributed by atoms with Crippen molar-refractivity contribution in [3.05, 3.63) is 65.5 Å². The number of nitrogens with zero attached hydrogens (tertiary/aromatic N) is 2. The fourth-order valence-electron chi connectivity index (χ4n) is 3.62. The molecule has 0 bridgehead atoms. The largest absolute Gasteiger partial charge is 0.491 e. The van der Waals surface area contributed by atoms with E-state index in [2.05, 4.69) is 17.3 Å². The number of amides is 2. The normalized spacial score (nSPS) is 15.8. The predicted octanol–water partition coefficient (Wildman–Crippen LogP) is 3.72. The minimum atomic E-state index is -0.252. The number of likely N-dealkylation sites (N-methyl/N-ethyl adjacent to an activating group) is 1. The fourth-order valence-corrected chi connectivity index (χ4v) is 3.62. The number of nitrogens with one attached hydrogen (secondary N) is 1. The molecule has 2 amide bonds. The van der Waals surface area contributed by atoms with Crippen molar-refractivity contribution in [2.75, 3.05) is 33.2 Å². The van der Waals surface area contributed by atoms with Crippen molar-refractivity contribution in [1.29, 1.82) is 0 Å². The van der Waals surface area contributed by atoms with Crippen molar-refractivity contribution in [3.8, 4) is 5.75 Å². The van der Waals surface area contributed by atoms with Crippen LogP contribution in [-0.4, -0.2) is 61.2 Å². The first-order valence-corrected chi connectivity index (χ1v) is 10.6. The number of benzene rings is 2. The van der Waals surface area contributed by atoms with Gasteiger partial charge in [0.05, 0.1) is 6.10 Å². The van der Waals surface area contributed by atoms with Gasteiger partial charge in [0.15, 0.2) is 0 Å². The minimum absolute atomic E-state index is 0.0324. The smallest absolute Gasteiger partial charge is 0.317 e. The zero-order valence-corrected chi connectivity index (χ0v) is 18.1. The number of carbonyl (C=O) groups is 1. The summed E-state index contributed by atoms with van der Waals surface area (Å²) in [6.07, 6.45) is 1.47. The van der Waals surface area contributed by atoms with Crippen LogP contribution in [0.3, 0.4) is 0 Å². The van der Waals surface area contributed by atoms with Crippen molar-refractivity contribution in [3.63, 3.8) is 0 Å². The van der Waals surface area contributed by atoms with Gasteiger partial charge in [-0.2, -0.15) is 0 Å². The molecule has 5 nitrogen and oxygen atoms in total. The molecule has 1 unspecified atom stereocenters. The van der Waals surface area contributed by atoms with Gasteiger partial charge < -0.3 is 19.9 Å². The summed E-state index contributed by atoms with van der Waals surface area (Å²) in [6, 6.07) is 14.4. The van der Waals surface area contributed by atoms with Crippen LogP contribution < -0.4 is 10.1 Å². The molecule has 0 spiro atoms. The van der Waals surface area contributed by atoms with Crippen LogP contribution in [0.15, 0.2) is 48.5 Å². The number of ether oxygens (including phenoxy) is 1. The molecule has 1 saturated heterocycles. The van der Waals surface area contributed by atoms with Crippen LogP contribution in [0, 0.1) is 5.82 Å². The number of carbonyl (C=O) groups excluding carboxylic acids is 1. The minimum Gasteiger partial charge on any atom is -0.491 e. The van der Waals surface area contributed by atoms with Crippen molar-refractivity contribution in [1.82, 2.24) is 15.1 Å². The van der Waals surface area contributed by atoms with Crippen molar-refractivity contribution in [2.45, 2.75) is 38.8 Å². The van der Waals surface area contributed by atoms with E-state index in [-0.39, 0.29) is 24.0 Å². The van der Waals surface area contributed by atoms with Gasteiger partial charge in [-0.1, -0.05) is 24.3 Å². The van der Waals surface area contributed by atoms with E-state index in [0.29, 0.717) is 12.8 Å². The Hall–Kier alpha value is -2.60. The summed E-state index contributed by atoms with van der Waals surface area (Å²) in [5, 5.41) is 3.20. The fraction of sp³-hybridized carbons (Fsp3) is 0.458. The number of hydrogen-bond acceptors (Lipinski definition) is 3. The lowest BCUT2D eigenvalue weighted by atomic mass is 9.99. The first-order chi connectivity index (χ1) is 14.4. The molecule has 0 aliphatic carbocycles. The zero-order chi connectivity index (χ0) is 21.5. The first kappa shape index (κ1) is 22.1. The van der Waals surface area contributed by atoms with Gasteiger partial charge >= 0.3 is 6.03 Å². The van der Waals surface area contributed by atoms with Gasteiger partial charge in [0, 0.05) is 32.2 Å². The maximum Gasteiger partial charge on any atom is 0.317 e. The second kappa shape index (κ2) is 10.4. The predicted molar refractivity (Wildman–Crippen MR) is 117 cm³/mol. The van der Waals surface area contributed by atoms with Gasteiger partial charge in [-0.15, -0.1) is 0 Å². The molecule has 1 N–H and O–H groups in total.